The van der Waals surface area contributed by atoms with E-state index in [4.69, 9.17) is 9.47 Å². The summed E-state index contributed by atoms with van der Waals surface area (Å²) in [5.74, 6) is 0.828. The SMILES string of the molecule is C/C=C(/C)OC(C)(C)C.CC(C)C(=O)OC(C)(C)C. The third-order valence-electron chi connectivity index (χ3n) is 1.75. The molecule has 0 radical (unpaired) electrons. The second-order valence-electron chi connectivity index (χ2n) is 6.80. The van der Waals surface area contributed by atoms with Gasteiger partial charge in [0.2, 0.25) is 0 Å². The van der Waals surface area contributed by atoms with Gasteiger partial charge in [-0.05, 0) is 61.5 Å². The molecule has 19 heavy (non-hydrogen) atoms. The van der Waals surface area contributed by atoms with E-state index < -0.39 is 0 Å². The predicted octanol–water partition coefficient (Wildman–Crippen LogP) is 4.71. The number of carbonyl (C=O) groups is 1. The van der Waals surface area contributed by atoms with Crippen LogP contribution in [0.2, 0.25) is 0 Å². The van der Waals surface area contributed by atoms with E-state index in [2.05, 4.69) is 0 Å². The molecule has 0 saturated carbocycles. The van der Waals surface area contributed by atoms with E-state index in [0.717, 1.165) is 5.76 Å². The van der Waals surface area contributed by atoms with Gasteiger partial charge in [0.25, 0.3) is 0 Å². The highest BCUT2D eigenvalue weighted by molar-refractivity contribution is 5.71. The van der Waals surface area contributed by atoms with Gasteiger partial charge in [-0.15, -0.1) is 0 Å². The first-order chi connectivity index (χ1) is 8.28. The van der Waals surface area contributed by atoms with Gasteiger partial charge in [0.15, 0.2) is 0 Å². The molecule has 0 aliphatic heterocycles. The zero-order valence-electron chi connectivity index (χ0n) is 14.4. The summed E-state index contributed by atoms with van der Waals surface area (Å²) >= 11 is 0. The predicted molar refractivity (Wildman–Crippen MR) is 81.0 cm³/mol. The van der Waals surface area contributed by atoms with Crippen molar-refractivity contribution in [2.24, 2.45) is 5.92 Å². The fourth-order valence-corrected chi connectivity index (χ4v) is 0.962. The molecule has 0 heterocycles. The van der Waals surface area contributed by atoms with Gasteiger partial charge in [0.05, 0.1) is 11.7 Å². The van der Waals surface area contributed by atoms with E-state index in [1.807, 2.05) is 75.3 Å². The molecule has 0 atom stereocenters. The van der Waals surface area contributed by atoms with Crippen LogP contribution < -0.4 is 0 Å². The Morgan fingerprint density at radius 1 is 0.947 bits per heavy atom. The Kier molecular flexibility index (Phi) is 8.81. The van der Waals surface area contributed by atoms with Crippen LogP contribution in [-0.4, -0.2) is 17.2 Å². The summed E-state index contributed by atoms with van der Waals surface area (Å²) in [6.45, 7) is 19.3. The molecule has 3 nitrogen and oxygen atoms in total. The monoisotopic (exact) mass is 272 g/mol. The minimum Gasteiger partial charge on any atom is -0.493 e. The van der Waals surface area contributed by atoms with Gasteiger partial charge in [-0.2, -0.15) is 0 Å². The van der Waals surface area contributed by atoms with E-state index in [1.165, 1.54) is 0 Å². The fourth-order valence-electron chi connectivity index (χ4n) is 0.962. The maximum absolute atomic E-state index is 10.9. The number of hydrogen-bond donors (Lipinski definition) is 0. The molecule has 0 bridgehead atoms. The molecule has 0 rings (SSSR count). The first kappa shape index (κ1) is 20.3. The van der Waals surface area contributed by atoms with Crippen LogP contribution in [0, 0.1) is 5.92 Å². The van der Waals surface area contributed by atoms with Crippen molar-refractivity contribution in [3.63, 3.8) is 0 Å². The molecule has 0 aromatic rings. The Balaban J connectivity index is 0. The molecule has 0 fully saturated rings. The standard InChI is InChI=1S/C8H16O2.C8H16O/c1-6(2)7(9)10-8(3,4)5;1-6-7(2)9-8(3,4)5/h6H,1-5H3;6H,1-5H3/b;7-6-. The lowest BCUT2D eigenvalue weighted by Gasteiger charge is -2.21. The second-order valence-corrected chi connectivity index (χ2v) is 6.80. The highest BCUT2D eigenvalue weighted by atomic mass is 16.6. The number of rotatable bonds is 2. The Bertz CT molecular complexity index is 288. The van der Waals surface area contributed by atoms with E-state index in [0.29, 0.717) is 0 Å². The van der Waals surface area contributed by atoms with Crippen LogP contribution in [0.15, 0.2) is 11.8 Å². The second kappa shape index (κ2) is 8.23. The Morgan fingerprint density at radius 2 is 1.32 bits per heavy atom. The number of ether oxygens (including phenoxy) is 2. The highest BCUT2D eigenvalue weighted by Crippen LogP contribution is 2.12. The summed E-state index contributed by atoms with van der Waals surface area (Å²) in [4.78, 5) is 10.9. The van der Waals surface area contributed by atoms with Gasteiger partial charge in [0, 0.05) is 0 Å². The fraction of sp³-hybridized carbons (Fsp3) is 0.812. The van der Waals surface area contributed by atoms with Gasteiger partial charge in [-0.25, -0.2) is 0 Å². The molecular weight excluding hydrogens is 240 g/mol. The third kappa shape index (κ3) is 17.0. The molecule has 3 heteroatoms. The molecule has 0 aliphatic carbocycles. The quantitative estimate of drug-likeness (QED) is 0.539. The highest BCUT2D eigenvalue weighted by Gasteiger charge is 2.18. The maximum atomic E-state index is 10.9. The lowest BCUT2D eigenvalue weighted by Crippen LogP contribution is -2.26. The molecule has 0 spiro atoms. The van der Waals surface area contributed by atoms with Crippen LogP contribution in [0.1, 0.15) is 69.2 Å². The smallest absolute Gasteiger partial charge is 0.308 e. The minimum atomic E-state index is -0.346. The average Bonchev–Trinajstić information content (AvgIpc) is 2.13. The Labute approximate surface area is 119 Å². The molecule has 114 valence electrons. The van der Waals surface area contributed by atoms with Crippen molar-refractivity contribution >= 4 is 5.97 Å². The van der Waals surface area contributed by atoms with Crippen molar-refractivity contribution in [1.29, 1.82) is 0 Å². The molecule has 0 N–H and O–H groups in total. The van der Waals surface area contributed by atoms with Crippen LogP contribution in [-0.2, 0) is 14.3 Å². The minimum absolute atomic E-state index is 0.0285. The number of carbonyl (C=O) groups excluding carboxylic acids is 1. The molecule has 0 amide bonds. The van der Waals surface area contributed by atoms with Crippen LogP contribution in [0.25, 0.3) is 0 Å². The zero-order valence-corrected chi connectivity index (χ0v) is 14.4. The summed E-state index contributed by atoms with van der Waals surface area (Å²) < 4.78 is 10.5. The maximum Gasteiger partial charge on any atom is 0.308 e. The van der Waals surface area contributed by atoms with Crippen molar-refractivity contribution in [3.05, 3.63) is 11.8 Å². The molecule has 0 aliphatic rings. The lowest BCUT2D eigenvalue weighted by molar-refractivity contribution is -0.158. The van der Waals surface area contributed by atoms with Crippen molar-refractivity contribution in [3.8, 4) is 0 Å². The van der Waals surface area contributed by atoms with Crippen molar-refractivity contribution < 1.29 is 14.3 Å². The first-order valence-corrected chi connectivity index (χ1v) is 6.83. The van der Waals surface area contributed by atoms with Gasteiger partial charge >= 0.3 is 5.97 Å². The molecule has 0 aromatic heterocycles. The Morgan fingerprint density at radius 3 is 1.42 bits per heavy atom. The largest absolute Gasteiger partial charge is 0.493 e. The van der Waals surface area contributed by atoms with Crippen LogP contribution in [0.4, 0.5) is 0 Å². The van der Waals surface area contributed by atoms with E-state index in [1.54, 1.807) is 0 Å². The summed E-state index contributed by atoms with van der Waals surface area (Å²) in [5, 5.41) is 0. The molecule has 0 unspecified atom stereocenters. The number of hydrogen-bond acceptors (Lipinski definition) is 3. The van der Waals surface area contributed by atoms with E-state index >= 15 is 0 Å². The van der Waals surface area contributed by atoms with Crippen LogP contribution in [0.5, 0.6) is 0 Å². The van der Waals surface area contributed by atoms with Gasteiger partial charge < -0.3 is 9.47 Å². The molecular formula is C16H32O3. The first-order valence-electron chi connectivity index (χ1n) is 6.83. The van der Waals surface area contributed by atoms with Gasteiger partial charge in [-0.3, -0.25) is 4.79 Å². The average molecular weight is 272 g/mol. The van der Waals surface area contributed by atoms with Crippen LogP contribution in [0.3, 0.4) is 0 Å². The van der Waals surface area contributed by atoms with Gasteiger partial charge in [0.1, 0.15) is 11.2 Å². The van der Waals surface area contributed by atoms with Gasteiger partial charge in [-0.1, -0.05) is 13.8 Å². The number of esters is 1. The summed E-state index contributed by atoms with van der Waals surface area (Å²) in [6.07, 6.45) is 1.96. The van der Waals surface area contributed by atoms with Crippen molar-refractivity contribution in [1.82, 2.24) is 0 Å². The summed E-state index contributed by atoms with van der Waals surface area (Å²) in [6, 6.07) is 0. The number of allylic oxidation sites excluding steroid dienone is 2. The van der Waals surface area contributed by atoms with Crippen LogP contribution >= 0.6 is 0 Å². The topological polar surface area (TPSA) is 35.5 Å². The van der Waals surface area contributed by atoms with Crippen molar-refractivity contribution in [2.75, 3.05) is 0 Å². The third-order valence-corrected chi connectivity index (χ3v) is 1.75. The molecule has 0 aromatic carbocycles. The molecule has 0 saturated heterocycles. The Hall–Kier alpha value is -0.990. The lowest BCUT2D eigenvalue weighted by atomic mass is 10.1. The van der Waals surface area contributed by atoms with Crippen molar-refractivity contribution in [2.45, 2.75) is 80.4 Å². The normalized spacial score (nSPS) is 12.7. The summed E-state index contributed by atoms with van der Waals surface area (Å²) in [5.41, 5.74) is -0.391. The van der Waals surface area contributed by atoms with E-state index in [9.17, 15) is 4.79 Å². The zero-order chi connectivity index (χ0) is 15.9. The van der Waals surface area contributed by atoms with E-state index in [-0.39, 0.29) is 23.1 Å². The summed E-state index contributed by atoms with van der Waals surface area (Å²) in [7, 11) is 0.